The molecule has 1 atom stereocenters. The van der Waals surface area contributed by atoms with E-state index in [-0.39, 0.29) is 17.9 Å². The Hall–Kier alpha value is -1.96. The highest BCUT2D eigenvalue weighted by Gasteiger charge is 2.61. The minimum Gasteiger partial charge on any atom is -0.493 e. The predicted octanol–water partition coefficient (Wildman–Crippen LogP) is 3.69. The molecule has 2 N–H and O–H groups in total. The van der Waals surface area contributed by atoms with Crippen molar-refractivity contribution in [3.05, 3.63) is 29.3 Å². The van der Waals surface area contributed by atoms with E-state index in [1.54, 1.807) is 25.3 Å². The van der Waals surface area contributed by atoms with Crippen molar-refractivity contribution in [2.24, 2.45) is 16.1 Å². The molecule has 0 saturated heterocycles. The average molecular weight is 400 g/mol. The first-order valence-electron chi connectivity index (χ1n) is 10.4. The molecule has 1 fully saturated rings. The van der Waals surface area contributed by atoms with Crippen LogP contribution in [0.25, 0.3) is 0 Å². The summed E-state index contributed by atoms with van der Waals surface area (Å²) in [5, 5.41) is 0. The summed E-state index contributed by atoms with van der Waals surface area (Å²) < 4.78 is 70.9. The Kier molecular flexibility index (Phi) is 4.13. The van der Waals surface area contributed by atoms with Gasteiger partial charge in [-0.15, -0.1) is 0 Å². The summed E-state index contributed by atoms with van der Waals surface area (Å²) in [5.74, 6) is 0.247. The van der Waals surface area contributed by atoms with Crippen LogP contribution in [0.3, 0.4) is 0 Å². The van der Waals surface area contributed by atoms with Gasteiger partial charge in [0, 0.05) is 12.5 Å². The lowest BCUT2D eigenvalue weighted by atomic mass is 9.62. The number of nitrogens with two attached hydrogens (primary N) is 1. The second-order valence-corrected chi connectivity index (χ2v) is 7.79. The van der Waals surface area contributed by atoms with Gasteiger partial charge >= 0.3 is 6.18 Å². The van der Waals surface area contributed by atoms with Crippen LogP contribution in [0.2, 0.25) is 0 Å². The van der Waals surface area contributed by atoms with Gasteiger partial charge in [0.1, 0.15) is 17.8 Å². The Bertz CT molecular complexity index is 854. The maximum absolute atomic E-state index is 12.5. The molecule has 154 valence electrons. The first-order valence-corrected chi connectivity index (χ1v) is 9.42. The van der Waals surface area contributed by atoms with E-state index in [1.165, 1.54) is 0 Å². The number of fused-ring (bicyclic) bond motifs is 3. The number of methoxy groups -OCH3 is 1. The van der Waals surface area contributed by atoms with Gasteiger partial charge in [-0.05, 0) is 55.4 Å². The van der Waals surface area contributed by atoms with Crippen molar-refractivity contribution in [3.8, 4) is 5.75 Å². The van der Waals surface area contributed by atoms with Gasteiger partial charge in [-0.3, -0.25) is 0 Å². The highest BCUT2D eigenvalue weighted by atomic mass is 19.4. The molecule has 8 heteroatoms. The first kappa shape index (κ1) is 16.9. The molecule has 1 aromatic rings. The lowest BCUT2D eigenvalue weighted by molar-refractivity contribution is -0.139. The molecule has 0 aromatic heterocycles. The van der Waals surface area contributed by atoms with Crippen molar-refractivity contribution < 1.29 is 30.1 Å². The molecule has 4 rings (SSSR count). The Morgan fingerprint density at radius 2 is 2.11 bits per heavy atom. The minimum absolute atomic E-state index is 0.104. The molecule has 1 heterocycles. The second-order valence-electron chi connectivity index (χ2n) is 7.79. The van der Waals surface area contributed by atoms with Crippen LogP contribution in [0.15, 0.2) is 23.2 Å². The van der Waals surface area contributed by atoms with Crippen molar-refractivity contribution in [1.29, 1.82) is 0 Å². The molecule has 2 spiro atoms. The largest absolute Gasteiger partial charge is 0.493 e. The van der Waals surface area contributed by atoms with Crippen LogP contribution in [0.1, 0.15) is 46.0 Å². The van der Waals surface area contributed by atoms with Crippen LogP contribution in [-0.2, 0) is 21.4 Å². The van der Waals surface area contributed by atoms with E-state index in [2.05, 4.69) is 4.99 Å². The van der Waals surface area contributed by atoms with Crippen LogP contribution in [0.4, 0.5) is 13.2 Å². The predicted molar refractivity (Wildman–Crippen MR) is 97.3 cm³/mol. The van der Waals surface area contributed by atoms with Gasteiger partial charge in [-0.2, -0.15) is 13.2 Å². The van der Waals surface area contributed by atoms with Crippen molar-refractivity contribution in [3.63, 3.8) is 0 Å². The Labute approximate surface area is 164 Å². The van der Waals surface area contributed by atoms with Crippen molar-refractivity contribution >= 4 is 6.02 Å². The van der Waals surface area contributed by atoms with Crippen LogP contribution in [0.5, 0.6) is 5.75 Å². The monoisotopic (exact) mass is 400 g/mol. The van der Waals surface area contributed by atoms with Crippen molar-refractivity contribution in [2.45, 2.75) is 56.3 Å². The number of rotatable bonds is 4. The number of nitrogens with zero attached hydrogens (tertiary/aromatic N) is 1. The normalized spacial score (nSPS) is 34.6. The number of alkyl halides is 3. The molecule has 1 aliphatic heterocycles. The number of ether oxygens (including phenoxy) is 3. The van der Waals surface area contributed by atoms with Gasteiger partial charge in [0.05, 0.1) is 21.9 Å². The van der Waals surface area contributed by atoms with Crippen molar-refractivity contribution in [2.75, 3.05) is 20.3 Å². The fraction of sp³-hybridized carbons (Fsp3) is 0.650. The maximum atomic E-state index is 12.5. The minimum atomic E-state index is -4.31. The number of hydrogen-bond donors (Lipinski definition) is 1. The number of amidine groups is 1. The first-order chi connectivity index (χ1) is 14.0. The fourth-order valence-electron chi connectivity index (χ4n) is 4.80. The summed E-state index contributed by atoms with van der Waals surface area (Å²) in [6.07, 6.45) is -1.83. The molecule has 1 aromatic carbocycles. The fourth-order valence-corrected chi connectivity index (χ4v) is 4.80. The Morgan fingerprint density at radius 3 is 2.71 bits per heavy atom. The third kappa shape index (κ3) is 3.21. The number of halogens is 3. The van der Waals surface area contributed by atoms with E-state index in [0.717, 1.165) is 18.4 Å². The smallest absolute Gasteiger partial charge is 0.392 e. The van der Waals surface area contributed by atoms with E-state index in [9.17, 15) is 13.2 Å². The van der Waals surface area contributed by atoms with Gasteiger partial charge in [-0.1, -0.05) is 6.07 Å². The van der Waals surface area contributed by atoms with E-state index in [1.807, 2.05) is 0 Å². The van der Waals surface area contributed by atoms with Gasteiger partial charge in [0.2, 0.25) is 0 Å². The van der Waals surface area contributed by atoms with Gasteiger partial charge in [0.15, 0.2) is 0 Å². The average Bonchev–Trinajstić information content (AvgIpc) is 3.06. The number of aliphatic imine (C=N–C) groups is 1. The molecule has 0 amide bonds. The molecular formula is C20H25F3N2O3. The highest BCUT2D eigenvalue weighted by molar-refractivity contribution is 5.75. The summed E-state index contributed by atoms with van der Waals surface area (Å²) >= 11 is 0. The molecule has 3 aliphatic rings. The van der Waals surface area contributed by atoms with Crippen LogP contribution >= 0.6 is 0 Å². The Morgan fingerprint density at radius 1 is 1.36 bits per heavy atom. The zero-order chi connectivity index (χ0) is 21.8. The van der Waals surface area contributed by atoms with Gasteiger partial charge < -0.3 is 19.9 Å². The molecular weight excluding hydrogens is 373 g/mol. The number of benzene rings is 1. The molecule has 1 unspecified atom stereocenters. The zero-order valence-corrected chi connectivity index (χ0v) is 15.6. The summed E-state index contributed by atoms with van der Waals surface area (Å²) in [5.41, 5.74) is 5.37. The van der Waals surface area contributed by atoms with Gasteiger partial charge in [-0.25, -0.2) is 4.99 Å². The standard InChI is InChI=1S/C20H25F3N2O3/c1-26-14-4-6-18(7-5-14)11-13-2-3-15(27-9-8-20(21,22)23)10-16(13)19(18)12-28-17(24)25-19/h2-3,10,14H,4-9,11-12H2,1H3,(H2,24,25)/t14-,18-,19?/i12D2. The lowest BCUT2D eigenvalue weighted by Crippen LogP contribution is -2.46. The lowest BCUT2D eigenvalue weighted by Gasteiger charge is -2.45. The molecule has 0 radical (unpaired) electrons. The summed E-state index contributed by atoms with van der Waals surface area (Å²) in [6.45, 7) is -2.70. The molecule has 2 aliphatic carbocycles. The van der Waals surface area contributed by atoms with E-state index in [4.69, 9.17) is 22.7 Å². The van der Waals surface area contributed by atoms with Gasteiger partial charge in [0.25, 0.3) is 6.02 Å². The van der Waals surface area contributed by atoms with E-state index < -0.39 is 36.7 Å². The quantitative estimate of drug-likeness (QED) is 0.837. The third-order valence-electron chi connectivity index (χ3n) is 6.23. The molecule has 28 heavy (non-hydrogen) atoms. The van der Waals surface area contributed by atoms with Crippen LogP contribution in [-0.4, -0.2) is 38.6 Å². The van der Waals surface area contributed by atoms with E-state index in [0.29, 0.717) is 24.8 Å². The molecule has 1 saturated carbocycles. The SMILES string of the molecule is [2H]C1([2H])OC(N)=NC12c1cc(OCCC(F)(F)F)ccc1C[C@]21CC[C@@H](OC)CC1. The second kappa shape index (κ2) is 6.83. The maximum Gasteiger partial charge on any atom is 0.392 e. The van der Waals surface area contributed by atoms with Crippen LogP contribution in [0, 0.1) is 5.41 Å². The molecule has 5 nitrogen and oxygen atoms in total. The third-order valence-corrected chi connectivity index (χ3v) is 6.23. The topological polar surface area (TPSA) is 66.1 Å². The summed E-state index contributed by atoms with van der Waals surface area (Å²) in [4.78, 5) is 4.52. The van der Waals surface area contributed by atoms with E-state index >= 15 is 0 Å². The van der Waals surface area contributed by atoms with Crippen molar-refractivity contribution in [1.82, 2.24) is 0 Å². The van der Waals surface area contributed by atoms with Crippen LogP contribution < -0.4 is 10.5 Å². The zero-order valence-electron chi connectivity index (χ0n) is 17.6. The highest BCUT2D eigenvalue weighted by Crippen LogP contribution is 2.61. The summed E-state index contributed by atoms with van der Waals surface area (Å²) in [6, 6.07) is 4.80. The Balaban J connectivity index is 1.72. The summed E-state index contributed by atoms with van der Waals surface area (Å²) in [7, 11) is 1.67. The molecule has 0 bridgehead atoms. The number of hydrogen-bond acceptors (Lipinski definition) is 5.